The van der Waals surface area contributed by atoms with Crippen molar-refractivity contribution in [2.45, 2.75) is 24.0 Å². The third-order valence-electron chi connectivity index (χ3n) is 4.64. The Bertz CT molecular complexity index is 905. The van der Waals surface area contributed by atoms with E-state index in [0.717, 1.165) is 12.1 Å². The highest BCUT2D eigenvalue weighted by Crippen LogP contribution is 2.31. The number of sulfonamides is 1. The summed E-state index contributed by atoms with van der Waals surface area (Å²) in [7, 11) is -3.90. The van der Waals surface area contributed by atoms with Crippen molar-refractivity contribution < 1.29 is 21.9 Å². The van der Waals surface area contributed by atoms with Gasteiger partial charge >= 0.3 is 0 Å². The van der Waals surface area contributed by atoms with E-state index in [-0.39, 0.29) is 28.1 Å². The summed E-state index contributed by atoms with van der Waals surface area (Å²) in [5.41, 5.74) is 0.236. The second kappa shape index (κ2) is 8.84. The molecule has 0 spiro atoms. The number of morpholine rings is 1. The van der Waals surface area contributed by atoms with Crippen molar-refractivity contribution in [3.63, 3.8) is 0 Å². The van der Waals surface area contributed by atoms with Gasteiger partial charge in [0.05, 0.1) is 23.6 Å². The molecule has 5 nitrogen and oxygen atoms in total. The zero-order chi connectivity index (χ0) is 20.3. The minimum Gasteiger partial charge on any atom is -0.376 e. The molecule has 2 aromatic rings. The van der Waals surface area contributed by atoms with Gasteiger partial charge in [0.1, 0.15) is 11.6 Å². The van der Waals surface area contributed by atoms with Crippen molar-refractivity contribution in [3.05, 3.63) is 64.7 Å². The van der Waals surface area contributed by atoms with Gasteiger partial charge in [-0.15, -0.1) is 0 Å². The van der Waals surface area contributed by atoms with Gasteiger partial charge in [-0.25, -0.2) is 21.9 Å². The van der Waals surface area contributed by atoms with Crippen LogP contribution in [0.4, 0.5) is 8.78 Å². The smallest absolute Gasteiger partial charge is 0.240 e. The van der Waals surface area contributed by atoms with Crippen LogP contribution in [0, 0.1) is 11.6 Å². The van der Waals surface area contributed by atoms with Crippen LogP contribution in [0.1, 0.15) is 18.5 Å². The largest absolute Gasteiger partial charge is 0.376 e. The normalized spacial score (nSPS) is 19.5. The molecule has 0 unspecified atom stereocenters. The molecule has 3 rings (SSSR count). The van der Waals surface area contributed by atoms with E-state index in [2.05, 4.69) is 4.72 Å². The second-order valence-electron chi connectivity index (χ2n) is 6.63. The number of hydrogen-bond acceptors (Lipinski definition) is 4. The molecule has 0 radical (unpaired) electrons. The third kappa shape index (κ3) is 4.87. The quantitative estimate of drug-likeness (QED) is 0.763. The fraction of sp³-hybridized carbons (Fsp3) is 0.368. The van der Waals surface area contributed by atoms with Crippen LogP contribution in [-0.2, 0) is 14.8 Å². The van der Waals surface area contributed by atoms with E-state index >= 15 is 0 Å². The van der Waals surface area contributed by atoms with Crippen molar-refractivity contribution in [1.82, 2.24) is 9.62 Å². The Morgan fingerprint density at radius 1 is 1.25 bits per heavy atom. The highest BCUT2D eigenvalue weighted by molar-refractivity contribution is 7.89. The Hall–Kier alpha value is -1.58. The van der Waals surface area contributed by atoms with Gasteiger partial charge in [-0.3, -0.25) is 4.90 Å². The minimum atomic E-state index is -3.90. The molecule has 1 aliphatic heterocycles. The Morgan fingerprint density at radius 2 is 1.96 bits per heavy atom. The second-order valence-corrected chi connectivity index (χ2v) is 8.81. The van der Waals surface area contributed by atoms with Crippen molar-refractivity contribution in [1.29, 1.82) is 0 Å². The van der Waals surface area contributed by atoms with E-state index in [4.69, 9.17) is 16.3 Å². The number of hydrogen-bond donors (Lipinski definition) is 1. The Balaban J connectivity index is 1.88. The highest BCUT2D eigenvalue weighted by atomic mass is 35.5. The van der Waals surface area contributed by atoms with E-state index in [1.807, 2.05) is 11.8 Å². The predicted octanol–water partition coefficient (Wildman–Crippen LogP) is 3.36. The van der Waals surface area contributed by atoms with Crippen LogP contribution in [-0.4, -0.2) is 45.7 Å². The van der Waals surface area contributed by atoms with E-state index in [9.17, 15) is 17.2 Å². The van der Waals surface area contributed by atoms with Gasteiger partial charge in [0.25, 0.3) is 0 Å². The maximum atomic E-state index is 14.6. The molecule has 0 aromatic heterocycles. The first-order valence-corrected chi connectivity index (χ1v) is 10.7. The highest BCUT2D eigenvalue weighted by Gasteiger charge is 2.30. The molecular formula is C19H21ClF2N2O3S. The molecule has 1 fully saturated rings. The van der Waals surface area contributed by atoms with Crippen LogP contribution < -0.4 is 4.72 Å². The molecule has 0 saturated carbocycles. The molecule has 2 atom stereocenters. The molecule has 1 saturated heterocycles. The van der Waals surface area contributed by atoms with Gasteiger partial charge in [0, 0.05) is 30.2 Å². The third-order valence-corrected chi connectivity index (χ3v) is 6.41. The summed E-state index contributed by atoms with van der Waals surface area (Å²) >= 11 is 6.25. The first-order chi connectivity index (χ1) is 13.3. The van der Waals surface area contributed by atoms with Crippen LogP contribution in [0.25, 0.3) is 0 Å². The van der Waals surface area contributed by atoms with Gasteiger partial charge < -0.3 is 4.74 Å². The van der Waals surface area contributed by atoms with Crippen LogP contribution in [0.2, 0.25) is 5.02 Å². The minimum absolute atomic E-state index is 0.0670. The molecule has 0 aliphatic carbocycles. The summed E-state index contributed by atoms with van der Waals surface area (Å²) in [5.74, 6) is -1.03. The fourth-order valence-electron chi connectivity index (χ4n) is 3.26. The average Bonchev–Trinajstić information content (AvgIpc) is 2.64. The van der Waals surface area contributed by atoms with Crippen molar-refractivity contribution in [2.24, 2.45) is 0 Å². The van der Waals surface area contributed by atoms with Gasteiger partial charge in [0.2, 0.25) is 10.0 Å². The summed E-state index contributed by atoms with van der Waals surface area (Å²) in [6.45, 7) is 3.28. The SMILES string of the molecule is C[C@@H]1CN([C@H](CNS(=O)(=O)c2ccc(F)cc2)c2c(F)cccc2Cl)CCO1. The first-order valence-electron chi connectivity index (χ1n) is 8.83. The Morgan fingerprint density at radius 3 is 2.61 bits per heavy atom. The number of rotatable bonds is 6. The summed E-state index contributed by atoms with van der Waals surface area (Å²) in [6, 6.07) is 8.27. The fourth-order valence-corrected chi connectivity index (χ4v) is 4.58. The van der Waals surface area contributed by atoms with Gasteiger partial charge in [-0.05, 0) is 43.3 Å². The van der Waals surface area contributed by atoms with E-state index < -0.39 is 27.7 Å². The average molecular weight is 431 g/mol. The zero-order valence-corrected chi connectivity index (χ0v) is 16.8. The van der Waals surface area contributed by atoms with E-state index in [1.165, 1.54) is 24.3 Å². The summed E-state index contributed by atoms with van der Waals surface area (Å²) < 4.78 is 60.9. The number of ether oxygens (including phenoxy) is 1. The first kappa shape index (κ1) is 21.1. The predicted molar refractivity (Wildman–Crippen MR) is 103 cm³/mol. The van der Waals surface area contributed by atoms with Gasteiger partial charge in [-0.1, -0.05) is 17.7 Å². The lowest BCUT2D eigenvalue weighted by Gasteiger charge is -2.38. The van der Waals surface area contributed by atoms with Crippen molar-refractivity contribution in [3.8, 4) is 0 Å². The molecule has 0 bridgehead atoms. The molecule has 152 valence electrons. The Labute approximate surface area is 168 Å². The van der Waals surface area contributed by atoms with E-state index in [1.54, 1.807) is 6.07 Å². The molecule has 1 heterocycles. The van der Waals surface area contributed by atoms with Crippen molar-refractivity contribution in [2.75, 3.05) is 26.2 Å². The summed E-state index contributed by atoms with van der Waals surface area (Å²) in [5, 5.41) is 0.227. The maximum Gasteiger partial charge on any atom is 0.240 e. The number of nitrogens with zero attached hydrogens (tertiary/aromatic N) is 1. The standard InChI is InChI=1S/C19H21ClF2N2O3S/c1-13-12-24(9-10-27-13)18(19-16(20)3-2-4-17(19)22)11-23-28(25,26)15-7-5-14(21)6-8-15/h2-8,13,18,23H,9-12H2,1H3/t13-,18-/m1/s1. The molecule has 1 aliphatic rings. The maximum absolute atomic E-state index is 14.6. The molecule has 28 heavy (non-hydrogen) atoms. The number of benzene rings is 2. The summed E-state index contributed by atoms with van der Waals surface area (Å²) in [6.07, 6.45) is -0.0736. The molecule has 9 heteroatoms. The van der Waals surface area contributed by atoms with E-state index in [0.29, 0.717) is 19.7 Å². The van der Waals surface area contributed by atoms with Gasteiger partial charge in [0.15, 0.2) is 0 Å². The Kier molecular flexibility index (Phi) is 6.67. The molecular weight excluding hydrogens is 410 g/mol. The van der Waals surface area contributed by atoms with Crippen LogP contribution >= 0.6 is 11.6 Å². The molecule has 2 aromatic carbocycles. The van der Waals surface area contributed by atoms with Crippen LogP contribution in [0.3, 0.4) is 0 Å². The zero-order valence-electron chi connectivity index (χ0n) is 15.2. The molecule has 1 N–H and O–H groups in total. The topological polar surface area (TPSA) is 58.6 Å². The molecule has 0 amide bonds. The lowest BCUT2D eigenvalue weighted by atomic mass is 10.0. The number of halogens is 3. The lowest BCUT2D eigenvalue weighted by Crippen LogP contribution is -2.46. The summed E-state index contributed by atoms with van der Waals surface area (Å²) in [4.78, 5) is 1.88. The van der Waals surface area contributed by atoms with Gasteiger partial charge in [-0.2, -0.15) is 0 Å². The lowest BCUT2D eigenvalue weighted by molar-refractivity contribution is -0.0342. The van der Waals surface area contributed by atoms with Crippen LogP contribution in [0.5, 0.6) is 0 Å². The van der Waals surface area contributed by atoms with Crippen molar-refractivity contribution >= 4 is 21.6 Å². The number of nitrogens with one attached hydrogen (secondary N) is 1. The monoisotopic (exact) mass is 430 g/mol. The van der Waals surface area contributed by atoms with Crippen LogP contribution in [0.15, 0.2) is 47.4 Å².